The molecule has 206 valence electrons. The van der Waals surface area contributed by atoms with Gasteiger partial charge in [-0.3, -0.25) is 0 Å². The summed E-state index contributed by atoms with van der Waals surface area (Å²) < 4.78 is 41.2. The Morgan fingerprint density at radius 1 is 1.05 bits per heavy atom. The van der Waals surface area contributed by atoms with Crippen molar-refractivity contribution in [3.8, 4) is 0 Å². The lowest BCUT2D eigenvalue weighted by atomic mass is 9.97. The van der Waals surface area contributed by atoms with Crippen molar-refractivity contribution < 1.29 is 18.3 Å². The largest absolute Gasteiger partial charge is 0.419 e. The Hall–Kier alpha value is -3.40. The molecule has 39 heavy (non-hydrogen) atoms. The molecular weight excluding hydrogens is 505 g/mol. The van der Waals surface area contributed by atoms with E-state index in [4.69, 9.17) is 9.97 Å². The van der Waals surface area contributed by atoms with Crippen LogP contribution in [0, 0.1) is 0 Å². The lowest BCUT2D eigenvalue weighted by Crippen LogP contribution is -2.29. The van der Waals surface area contributed by atoms with E-state index in [1.807, 2.05) is 12.1 Å². The van der Waals surface area contributed by atoms with Crippen molar-refractivity contribution in [1.29, 1.82) is 0 Å². The van der Waals surface area contributed by atoms with E-state index in [-0.39, 0.29) is 17.8 Å². The van der Waals surface area contributed by atoms with Gasteiger partial charge >= 0.3 is 6.18 Å². The molecule has 0 amide bonds. The Morgan fingerprint density at radius 2 is 1.82 bits per heavy atom. The van der Waals surface area contributed by atoms with Crippen LogP contribution in [-0.4, -0.2) is 52.3 Å². The van der Waals surface area contributed by atoms with Gasteiger partial charge in [-0.05, 0) is 68.9 Å². The molecule has 2 aliphatic heterocycles. The summed E-state index contributed by atoms with van der Waals surface area (Å²) in [4.78, 5) is 18.0. The van der Waals surface area contributed by atoms with Crippen LogP contribution in [0.2, 0.25) is 0 Å². The van der Waals surface area contributed by atoms with E-state index in [1.165, 1.54) is 12.3 Å². The van der Waals surface area contributed by atoms with E-state index in [0.29, 0.717) is 43.7 Å². The lowest BCUT2D eigenvalue weighted by Gasteiger charge is -2.24. The minimum Gasteiger partial charge on any atom is -0.395 e. The summed E-state index contributed by atoms with van der Waals surface area (Å²) in [5.41, 5.74) is 2.98. The molecule has 2 aromatic heterocycles. The predicted molar refractivity (Wildman–Crippen MR) is 145 cm³/mol. The van der Waals surface area contributed by atoms with Crippen LogP contribution in [0.3, 0.4) is 0 Å². The average Bonchev–Trinajstić information content (AvgIpc) is 3.66. The zero-order valence-corrected chi connectivity index (χ0v) is 22.0. The van der Waals surface area contributed by atoms with E-state index in [0.717, 1.165) is 60.8 Å². The van der Waals surface area contributed by atoms with Crippen LogP contribution in [0.15, 0.2) is 42.6 Å². The molecule has 3 aliphatic rings. The standard InChI is InChI=1S/C29H33F3N6O/c1-19-4-3-15-38(19)27-35-24-11-17-37(26-23(29(30,31)32)5-2-14-33-26)16-10-22(24)25(36-27)34-21-8-6-20(7-9-21)28(18-39)12-13-28/h2,5-9,14,19,39H,3-4,10-13,15-18H2,1H3,(H,34,35,36). The van der Waals surface area contributed by atoms with Crippen LogP contribution in [0.25, 0.3) is 0 Å². The van der Waals surface area contributed by atoms with Crippen molar-refractivity contribution in [3.05, 3.63) is 65.0 Å². The van der Waals surface area contributed by atoms with Gasteiger partial charge in [0, 0.05) is 55.0 Å². The van der Waals surface area contributed by atoms with E-state index >= 15 is 0 Å². The van der Waals surface area contributed by atoms with Gasteiger partial charge in [0.15, 0.2) is 0 Å². The van der Waals surface area contributed by atoms with Crippen molar-refractivity contribution in [2.45, 2.75) is 63.1 Å². The molecule has 0 bridgehead atoms. The number of fused-ring (bicyclic) bond motifs is 1. The number of anilines is 4. The van der Waals surface area contributed by atoms with Gasteiger partial charge in [-0.15, -0.1) is 0 Å². The number of aliphatic hydroxyl groups is 1. The first kappa shape index (κ1) is 25.9. The third-order valence-corrected chi connectivity index (χ3v) is 8.45. The summed E-state index contributed by atoms with van der Waals surface area (Å²) in [5.74, 6) is 1.32. The second-order valence-corrected chi connectivity index (χ2v) is 11.0. The van der Waals surface area contributed by atoms with Crippen molar-refractivity contribution in [3.63, 3.8) is 0 Å². The number of pyridine rings is 1. The zero-order chi connectivity index (χ0) is 27.2. The predicted octanol–water partition coefficient (Wildman–Crippen LogP) is 5.25. The Kier molecular flexibility index (Phi) is 6.61. The molecule has 1 atom stereocenters. The van der Waals surface area contributed by atoms with Crippen LogP contribution in [0.4, 0.5) is 36.4 Å². The van der Waals surface area contributed by atoms with E-state index in [2.05, 4.69) is 34.3 Å². The molecule has 10 heteroatoms. The van der Waals surface area contributed by atoms with Crippen LogP contribution in [-0.2, 0) is 24.4 Å². The van der Waals surface area contributed by atoms with Crippen molar-refractivity contribution in [2.75, 3.05) is 41.4 Å². The number of nitrogens with zero attached hydrogens (tertiary/aromatic N) is 5. The fourth-order valence-electron chi connectivity index (χ4n) is 5.86. The van der Waals surface area contributed by atoms with Crippen LogP contribution < -0.4 is 15.1 Å². The Morgan fingerprint density at radius 3 is 2.49 bits per heavy atom. The summed E-state index contributed by atoms with van der Waals surface area (Å²) in [7, 11) is 0. The van der Waals surface area contributed by atoms with Gasteiger partial charge in [0.05, 0.1) is 17.9 Å². The second kappa shape index (κ2) is 9.97. The normalized spacial score (nSPS) is 20.5. The quantitative estimate of drug-likeness (QED) is 0.444. The third kappa shape index (κ3) is 5.02. The van der Waals surface area contributed by atoms with Gasteiger partial charge in [-0.1, -0.05) is 12.1 Å². The van der Waals surface area contributed by atoms with Gasteiger partial charge in [-0.25, -0.2) is 9.97 Å². The Bertz CT molecular complexity index is 1340. The van der Waals surface area contributed by atoms with Crippen molar-refractivity contribution in [2.24, 2.45) is 0 Å². The Balaban J connectivity index is 1.32. The molecule has 1 unspecified atom stereocenters. The van der Waals surface area contributed by atoms with Gasteiger partial charge in [0.2, 0.25) is 5.95 Å². The van der Waals surface area contributed by atoms with Crippen LogP contribution >= 0.6 is 0 Å². The van der Waals surface area contributed by atoms with Crippen LogP contribution in [0.1, 0.15) is 55.0 Å². The number of rotatable bonds is 6. The first-order valence-electron chi connectivity index (χ1n) is 13.7. The molecule has 4 heterocycles. The molecule has 0 spiro atoms. The van der Waals surface area contributed by atoms with Gasteiger partial charge < -0.3 is 20.2 Å². The molecule has 1 saturated heterocycles. The number of alkyl halides is 3. The smallest absolute Gasteiger partial charge is 0.395 e. The SMILES string of the molecule is CC1CCCN1c1nc2c(c(Nc3ccc(C4(CO)CC4)cc3)n1)CCN(c1ncccc1C(F)(F)F)CC2. The zero-order valence-electron chi connectivity index (χ0n) is 22.0. The molecule has 6 rings (SSSR count). The summed E-state index contributed by atoms with van der Waals surface area (Å²) in [6.45, 7) is 3.97. The minimum atomic E-state index is -4.48. The Labute approximate surface area is 226 Å². The highest BCUT2D eigenvalue weighted by molar-refractivity contribution is 5.64. The fourth-order valence-corrected chi connectivity index (χ4v) is 5.86. The average molecular weight is 539 g/mol. The highest BCUT2D eigenvalue weighted by Crippen LogP contribution is 2.48. The summed E-state index contributed by atoms with van der Waals surface area (Å²) >= 11 is 0. The molecule has 3 aromatic rings. The number of aliphatic hydroxyl groups excluding tert-OH is 1. The topological polar surface area (TPSA) is 77.4 Å². The van der Waals surface area contributed by atoms with E-state index < -0.39 is 11.7 Å². The van der Waals surface area contributed by atoms with Gasteiger partial charge in [-0.2, -0.15) is 18.2 Å². The van der Waals surface area contributed by atoms with Gasteiger partial charge in [0.1, 0.15) is 11.6 Å². The molecule has 1 saturated carbocycles. The van der Waals surface area contributed by atoms with E-state index in [1.54, 1.807) is 4.90 Å². The maximum Gasteiger partial charge on any atom is 0.419 e. The van der Waals surface area contributed by atoms with E-state index in [9.17, 15) is 18.3 Å². The summed E-state index contributed by atoms with van der Waals surface area (Å²) in [6, 6.07) is 10.9. The number of benzene rings is 1. The third-order valence-electron chi connectivity index (χ3n) is 8.45. The number of hydrogen-bond acceptors (Lipinski definition) is 7. The first-order valence-corrected chi connectivity index (χ1v) is 13.7. The first-order chi connectivity index (χ1) is 18.8. The van der Waals surface area contributed by atoms with Crippen LogP contribution in [0.5, 0.6) is 0 Å². The minimum absolute atomic E-state index is 0.0397. The number of aromatic nitrogens is 3. The molecule has 2 fully saturated rings. The lowest BCUT2D eigenvalue weighted by molar-refractivity contribution is -0.137. The second-order valence-electron chi connectivity index (χ2n) is 11.0. The van der Waals surface area contributed by atoms with Crippen molar-refractivity contribution >= 4 is 23.3 Å². The molecular formula is C29H33F3N6O. The molecule has 1 aromatic carbocycles. The fraction of sp³-hybridized carbons (Fsp3) is 0.483. The molecule has 2 N–H and O–H groups in total. The highest BCUT2D eigenvalue weighted by Gasteiger charge is 2.43. The molecule has 7 nitrogen and oxygen atoms in total. The number of nitrogens with one attached hydrogen (secondary N) is 1. The van der Waals surface area contributed by atoms with Crippen molar-refractivity contribution in [1.82, 2.24) is 15.0 Å². The number of halogens is 3. The molecule has 0 radical (unpaired) electrons. The summed E-state index contributed by atoms with van der Waals surface area (Å²) in [5, 5.41) is 13.3. The van der Waals surface area contributed by atoms with Gasteiger partial charge in [0.25, 0.3) is 0 Å². The number of hydrogen-bond donors (Lipinski definition) is 2. The maximum atomic E-state index is 13.7. The summed E-state index contributed by atoms with van der Waals surface area (Å²) in [6.07, 6.45) is 2.06. The highest BCUT2D eigenvalue weighted by atomic mass is 19.4. The molecule has 1 aliphatic carbocycles. The monoisotopic (exact) mass is 538 g/mol. The maximum absolute atomic E-state index is 13.7.